The molecular weight excluding hydrogens is 387 g/mol. The highest BCUT2D eigenvalue weighted by Gasteiger charge is 2.15. The molecule has 1 N–H and O–H groups in total. The smallest absolute Gasteiger partial charge is 0.238 e. The van der Waals surface area contributed by atoms with Gasteiger partial charge in [-0.15, -0.1) is 0 Å². The Hall–Kier alpha value is -1.40. The zero-order chi connectivity index (χ0) is 15.9. The summed E-state index contributed by atoms with van der Waals surface area (Å²) < 4.78 is 1.05. The summed E-state index contributed by atoms with van der Waals surface area (Å²) in [6.07, 6.45) is 0. The van der Waals surface area contributed by atoms with Crippen LogP contribution in [0.1, 0.15) is 19.4 Å². The fraction of sp³-hybridized carbons (Fsp3) is 0.278. The molecule has 22 heavy (non-hydrogen) atoms. The van der Waals surface area contributed by atoms with E-state index in [0.717, 1.165) is 15.8 Å². The molecule has 0 unspecified atom stereocenters. The minimum atomic E-state index is 0.0220. The van der Waals surface area contributed by atoms with Crippen molar-refractivity contribution in [1.29, 1.82) is 0 Å². The number of hydrogen-bond acceptors (Lipinski definition) is 2. The van der Waals surface area contributed by atoms with E-state index in [2.05, 4.69) is 58.8 Å². The van der Waals surface area contributed by atoms with Crippen molar-refractivity contribution in [3.05, 3.63) is 63.7 Å². The SMILES string of the molecule is CC(C)N(CC(=O)Nc1ccccc1I)Cc1ccccc1. The molecule has 0 saturated carbocycles. The van der Waals surface area contributed by atoms with Crippen LogP contribution in [0.25, 0.3) is 0 Å². The van der Waals surface area contributed by atoms with Crippen molar-refractivity contribution in [2.24, 2.45) is 0 Å². The van der Waals surface area contributed by atoms with Crippen molar-refractivity contribution in [2.75, 3.05) is 11.9 Å². The van der Waals surface area contributed by atoms with E-state index < -0.39 is 0 Å². The number of nitrogens with zero attached hydrogens (tertiary/aromatic N) is 1. The van der Waals surface area contributed by atoms with E-state index in [9.17, 15) is 4.79 Å². The van der Waals surface area contributed by atoms with Gasteiger partial charge >= 0.3 is 0 Å². The van der Waals surface area contributed by atoms with Gasteiger partial charge in [-0.2, -0.15) is 0 Å². The van der Waals surface area contributed by atoms with E-state index in [1.54, 1.807) is 0 Å². The van der Waals surface area contributed by atoms with E-state index in [0.29, 0.717) is 12.6 Å². The first-order valence-electron chi connectivity index (χ1n) is 7.38. The number of halogens is 1. The van der Waals surface area contributed by atoms with E-state index in [-0.39, 0.29) is 5.91 Å². The number of carbonyl (C=O) groups excluding carboxylic acids is 1. The summed E-state index contributed by atoms with van der Waals surface area (Å²) in [6, 6.07) is 18.4. The van der Waals surface area contributed by atoms with Gasteiger partial charge in [0, 0.05) is 16.2 Å². The monoisotopic (exact) mass is 408 g/mol. The average molecular weight is 408 g/mol. The Bertz CT molecular complexity index is 613. The Morgan fingerprint density at radius 2 is 1.73 bits per heavy atom. The van der Waals surface area contributed by atoms with Crippen LogP contribution in [-0.2, 0) is 11.3 Å². The lowest BCUT2D eigenvalue weighted by atomic mass is 10.2. The number of nitrogens with one attached hydrogen (secondary N) is 1. The molecular formula is C18H21IN2O. The largest absolute Gasteiger partial charge is 0.324 e. The summed E-state index contributed by atoms with van der Waals surface area (Å²) in [7, 11) is 0. The molecule has 0 radical (unpaired) electrons. The highest BCUT2D eigenvalue weighted by Crippen LogP contribution is 2.17. The van der Waals surface area contributed by atoms with Crippen LogP contribution in [0.2, 0.25) is 0 Å². The highest BCUT2D eigenvalue weighted by atomic mass is 127. The Morgan fingerprint density at radius 3 is 2.36 bits per heavy atom. The minimum Gasteiger partial charge on any atom is -0.324 e. The number of carbonyl (C=O) groups is 1. The van der Waals surface area contributed by atoms with Crippen LogP contribution in [0.15, 0.2) is 54.6 Å². The van der Waals surface area contributed by atoms with Crippen LogP contribution in [0.3, 0.4) is 0 Å². The van der Waals surface area contributed by atoms with Crippen molar-refractivity contribution in [1.82, 2.24) is 4.90 Å². The van der Waals surface area contributed by atoms with Gasteiger partial charge in [-0.3, -0.25) is 9.69 Å². The first-order chi connectivity index (χ1) is 10.6. The fourth-order valence-electron chi connectivity index (χ4n) is 2.18. The normalized spacial score (nSPS) is 11.0. The molecule has 2 rings (SSSR count). The molecule has 3 nitrogen and oxygen atoms in total. The van der Waals surface area contributed by atoms with Crippen molar-refractivity contribution in [2.45, 2.75) is 26.4 Å². The Labute approximate surface area is 145 Å². The van der Waals surface area contributed by atoms with Gasteiger partial charge in [-0.05, 0) is 54.1 Å². The van der Waals surface area contributed by atoms with E-state index >= 15 is 0 Å². The van der Waals surface area contributed by atoms with Crippen molar-refractivity contribution >= 4 is 34.2 Å². The molecule has 116 valence electrons. The second kappa shape index (κ2) is 8.29. The van der Waals surface area contributed by atoms with Gasteiger partial charge in [0.1, 0.15) is 0 Å². The summed E-state index contributed by atoms with van der Waals surface area (Å²) in [5.74, 6) is 0.0220. The van der Waals surface area contributed by atoms with Crippen LogP contribution in [0.5, 0.6) is 0 Å². The number of benzene rings is 2. The Balaban J connectivity index is 1.99. The standard InChI is InChI=1S/C18H21IN2O/c1-14(2)21(12-15-8-4-3-5-9-15)13-18(22)20-17-11-7-6-10-16(17)19/h3-11,14H,12-13H2,1-2H3,(H,20,22). The molecule has 0 saturated heterocycles. The van der Waals surface area contributed by atoms with Crippen LogP contribution < -0.4 is 5.32 Å². The van der Waals surface area contributed by atoms with Crippen LogP contribution in [0, 0.1) is 3.57 Å². The van der Waals surface area contributed by atoms with Gasteiger partial charge in [0.15, 0.2) is 0 Å². The lowest BCUT2D eigenvalue weighted by Gasteiger charge is -2.26. The van der Waals surface area contributed by atoms with E-state index in [1.807, 2.05) is 42.5 Å². The maximum Gasteiger partial charge on any atom is 0.238 e. The zero-order valence-corrected chi connectivity index (χ0v) is 15.1. The molecule has 0 heterocycles. The molecule has 0 atom stereocenters. The lowest BCUT2D eigenvalue weighted by molar-refractivity contribution is -0.117. The minimum absolute atomic E-state index is 0.0220. The lowest BCUT2D eigenvalue weighted by Crippen LogP contribution is -2.37. The number of rotatable bonds is 6. The fourth-order valence-corrected chi connectivity index (χ4v) is 2.70. The molecule has 0 aliphatic heterocycles. The van der Waals surface area contributed by atoms with Crippen LogP contribution in [0.4, 0.5) is 5.69 Å². The summed E-state index contributed by atoms with van der Waals surface area (Å²) >= 11 is 2.23. The van der Waals surface area contributed by atoms with E-state index in [1.165, 1.54) is 5.56 Å². The molecule has 0 fully saturated rings. The predicted octanol–water partition coefficient (Wildman–Crippen LogP) is 4.14. The zero-order valence-electron chi connectivity index (χ0n) is 12.9. The predicted molar refractivity (Wildman–Crippen MR) is 99.8 cm³/mol. The van der Waals surface area contributed by atoms with Gasteiger partial charge in [0.25, 0.3) is 0 Å². The molecule has 2 aromatic carbocycles. The average Bonchev–Trinajstić information content (AvgIpc) is 2.50. The first kappa shape index (κ1) is 17.0. The van der Waals surface area contributed by atoms with Gasteiger partial charge in [0.05, 0.1) is 12.2 Å². The van der Waals surface area contributed by atoms with E-state index in [4.69, 9.17) is 0 Å². The number of hydrogen-bond donors (Lipinski definition) is 1. The molecule has 0 aliphatic rings. The Kier molecular flexibility index (Phi) is 6.39. The number of para-hydroxylation sites is 1. The third-order valence-electron chi connectivity index (χ3n) is 3.45. The van der Waals surface area contributed by atoms with Gasteiger partial charge in [-0.25, -0.2) is 0 Å². The third kappa shape index (κ3) is 5.10. The van der Waals surface area contributed by atoms with Crippen molar-refractivity contribution in [3.63, 3.8) is 0 Å². The maximum absolute atomic E-state index is 12.3. The summed E-state index contributed by atoms with van der Waals surface area (Å²) in [6.45, 7) is 5.39. The second-order valence-electron chi connectivity index (χ2n) is 5.51. The van der Waals surface area contributed by atoms with Crippen LogP contribution >= 0.6 is 22.6 Å². The molecule has 0 aliphatic carbocycles. The molecule has 0 spiro atoms. The molecule has 1 amide bonds. The first-order valence-corrected chi connectivity index (χ1v) is 8.46. The summed E-state index contributed by atoms with van der Waals surface area (Å²) in [5, 5.41) is 2.99. The third-order valence-corrected chi connectivity index (χ3v) is 4.39. The van der Waals surface area contributed by atoms with Crippen molar-refractivity contribution < 1.29 is 4.79 Å². The number of amides is 1. The summed E-state index contributed by atoms with van der Waals surface area (Å²) in [4.78, 5) is 14.5. The summed E-state index contributed by atoms with van der Waals surface area (Å²) in [5.41, 5.74) is 2.09. The quantitative estimate of drug-likeness (QED) is 0.729. The maximum atomic E-state index is 12.3. The highest BCUT2D eigenvalue weighted by molar-refractivity contribution is 14.1. The van der Waals surface area contributed by atoms with Gasteiger partial charge in [0.2, 0.25) is 5.91 Å². The molecule has 2 aromatic rings. The molecule has 4 heteroatoms. The number of anilines is 1. The van der Waals surface area contributed by atoms with Crippen LogP contribution in [-0.4, -0.2) is 23.4 Å². The molecule has 0 aromatic heterocycles. The Morgan fingerprint density at radius 1 is 1.09 bits per heavy atom. The van der Waals surface area contributed by atoms with Gasteiger partial charge in [-0.1, -0.05) is 42.5 Å². The van der Waals surface area contributed by atoms with Gasteiger partial charge < -0.3 is 5.32 Å². The topological polar surface area (TPSA) is 32.3 Å². The second-order valence-corrected chi connectivity index (χ2v) is 6.67. The molecule has 0 bridgehead atoms. The van der Waals surface area contributed by atoms with Crippen molar-refractivity contribution in [3.8, 4) is 0 Å².